The zero-order valence-corrected chi connectivity index (χ0v) is 14.0. The van der Waals surface area contributed by atoms with E-state index in [1.807, 2.05) is 43.3 Å². The van der Waals surface area contributed by atoms with Gasteiger partial charge in [-0.25, -0.2) is 9.48 Å². The van der Waals surface area contributed by atoms with Crippen LogP contribution in [0.5, 0.6) is 0 Å². The molecule has 0 fully saturated rings. The van der Waals surface area contributed by atoms with E-state index < -0.39 is 5.97 Å². The number of carboxylic acid groups (broad SMARTS) is 1. The third kappa shape index (κ3) is 3.08. The van der Waals surface area contributed by atoms with Crippen molar-refractivity contribution in [1.29, 1.82) is 0 Å². The van der Waals surface area contributed by atoms with Gasteiger partial charge >= 0.3 is 5.97 Å². The number of hydrogen-bond acceptors (Lipinski definition) is 2. The molecule has 1 aromatic heterocycles. The minimum absolute atomic E-state index is 0.0412. The molecule has 0 aliphatic heterocycles. The lowest BCUT2D eigenvalue weighted by Gasteiger charge is -2.10. The van der Waals surface area contributed by atoms with Crippen LogP contribution in [0.1, 0.15) is 41.4 Å². The van der Waals surface area contributed by atoms with Gasteiger partial charge in [-0.2, -0.15) is 5.10 Å². The first-order chi connectivity index (χ1) is 11.5. The number of rotatable bonds is 4. The van der Waals surface area contributed by atoms with Crippen molar-refractivity contribution in [3.63, 3.8) is 0 Å². The fourth-order valence-electron chi connectivity index (χ4n) is 2.69. The first-order valence-electron chi connectivity index (χ1n) is 7.96. The van der Waals surface area contributed by atoms with Gasteiger partial charge < -0.3 is 5.11 Å². The number of benzene rings is 2. The van der Waals surface area contributed by atoms with Gasteiger partial charge in [0.15, 0.2) is 5.69 Å². The van der Waals surface area contributed by atoms with E-state index in [0.29, 0.717) is 5.92 Å². The molecule has 0 bridgehead atoms. The van der Waals surface area contributed by atoms with Crippen LogP contribution in [0, 0.1) is 6.92 Å². The lowest BCUT2D eigenvalue weighted by molar-refractivity contribution is 0.0690. The lowest BCUT2D eigenvalue weighted by atomic mass is 10.0. The summed E-state index contributed by atoms with van der Waals surface area (Å²) in [4.78, 5) is 11.4. The molecule has 0 atom stereocenters. The molecule has 0 saturated carbocycles. The van der Waals surface area contributed by atoms with Gasteiger partial charge in [0.1, 0.15) is 0 Å². The van der Waals surface area contributed by atoms with Crippen molar-refractivity contribution in [1.82, 2.24) is 9.78 Å². The van der Waals surface area contributed by atoms with E-state index in [2.05, 4.69) is 31.1 Å². The maximum absolute atomic E-state index is 11.4. The van der Waals surface area contributed by atoms with Crippen LogP contribution in [0.15, 0.2) is 54.6 Å². The Morgan fingerprint density at radius 1 is 1.08 bits per heavy atom. The highest BCUT2D eigenvalue weighted by Crippen LogP contribution is 2.26. The molecule has 0 amide bonds. The highest BCUT2D eigenvalue weighted by atomic mass is 16.4. The number of aromatic carboxylic acids is 1. The lowest BCUT2D eigenvalue weighted by Crippen LogP contribution is -2.02. The van der Waals surface area contributed by atoms with Gasteiger partial charge in [0.2, 0.25) is 0 Å². The molecule has 3 rings (SSSR count). The average Bonchev–Trinajstić information content (AvgIpc) is 3.00. The van der Waals surface area contributed by atoms with Gasteiger partial charge in [-0.15, -0.1) is 0 Å². The molecule has 122 valence electrons. The molecule has 4 heteroatoms. The molecule has 2 aromatic carbocycles. The van der Waals surface area contributed by atoms with E-state index in [1.165, 1.54) is 5.56 Å². The SMILES string of the molecule is Cc1cccc(-n2nc(C(=O)O)cc2-c2ccc(C(C)C)cc2)c1. The normalized spacial score (nSPS) is 11.0. The summed E-state index contributed by atoms with van der Waals surface area (Å²) in [5.41, 5.74) is 4.96. The van der Waals surface area contributed by atoms with E-state index in [0.717, 1.165) is 22.5 Å². The van der Waals surface area contributed by atoms with Gasteiger partial charge in [-0.3, -0.25) is 0 Å². The monoisotopic (exact) mass is 320 g/mol. The Bertz CT molecular complexity index is 877. The summed E-state index contributed by atoms with van der Waals surface area (Å²) < 4.78 is 1.70. The van der Waals surface area contributed by atoms with E-state index in [4.69, 9.17) is 0 Å². The maximum Gasteiger partial charge on any atom is 0.356 e. The van der Waals surface area contributed by atoms with Crippen molar-refractivity contribution in [2.75, 3.05) is 0 Å². The summed E-state index contributed by atoms with van der Waals surface area (Å²) in [6.07, 6.45) is 0. The molecule has 0 radical (unpaired) electrons. The third-order valence-corrected chi connectivity index (χ3v) is 4.05. The highest BCUT2D eigenvalue weighted by molar-refractivity contribution is 5.87. The largest absolute Gasteiger partial charge is 0.476 e. The van der Waals surface area contributed by atoms with E-state index in [1.54, 1.807) is 10.7 Å². The molecule has 0 aliphatic rings. The van der Waals surface area contributed by atoms with Gasteiger partial charge in [0.05, 0.1) is 11.4 Å². The smallest absolute Gasteiger partial charge is 0.356 e. The standard InChI is InChI=1S/C20H20N2O2/c1-13(2)15-7-9-16(10-8-15)19-12-18(20(23)24)21-22(19)17-6-4-5-14(3)11-17/h4-13H,1-3H3,(H,23,24). The highest BCUT2D eigenvalue weighted by Gasteiger charge is 2.16. The number of aryl methyl sites for hydroxylation is 1. The van der Waals surface area contributed by atoms with Gasteiger partial charge in [-0.1, -0.05) is 50.2 Å². The fraction of sp³-hybridized carbons (Fsp3) is 0.200. The van der Waals surface area contributed by atoms with Crippen LogP contribution in [0.2, 0.25) is 0 Å². The summed E-state index contributed by atoms with van der Waals surface area (Å²) >= 11 is 0. The van der Waals surface area contributed by atoms with Crippen LogP contribution in [0.3, 0.4) is 0 Å². The van der Waals surface area contributed by atoms with E-state index >= 15 is 0 Å². The molecular weight excluding hydrogens is 300 g/mol. The summed E-state index contributed by atoms with van der Waals surface area (Å²) in [6.45, 7) is 6.30. The van der Waals surface area contributed by atoms with Crippen molar-refractivity contribution in [3.8, 4) is 16.9 Å². The van der Waals surface area contributed by atoms with Crippen LogP contribution >= 0.6 is 0 Å². The zero-order valence-electron chi connectivity index (χ0n) is 14.0. The van der Waals surface area contributed by atoms with Crippen molar-refractivity contribution in [2.45, 2.75) is 26.7 Å². The Balaban J connectivity index is 2.14. The first-order valence-corrected chi connectivity index (χ1v) is 7.96. The van der Waals surface area contributed by atoms with Crippen molar-refractivity contribution >= 4 is 5.97 Å². The summed E-state index contributed by atoms with van der Waals surface area (Å²) in [6, 6.07) is 17.7. The summed E-state index contributed by atoms with van der Waals surface area (Å²) in [5, 5.41) is 13.6. The molecular formula is C20H20N2O2. The predicted octanol–water partition coefficient (Wildman–Crippen LogP) is 4.67. The van der Waals surface area contributed by atoms with Gasteiger partial charge in [0, 0.05) is 5.56 Å². The number of hydrogen-bond donors (Lipinski definition) is 1. The Morgan fingerprint density at radius 2 is 1.79 bits per heavy atom. The van der Waals surface area contributed by atoms with Gasteiger partial charge in [-0.05, 0) is 42.2 Å². The van der Waals surface area contributed by atoms with Crippen LogP contribution in [-0.4, -0.2) is 20.9 Å². The van der Waals surface area contributed by atoms with E-state index in [-0.39, 0.29) is 5.69 Å². The molecule has 1 N–H and O–H groups in total. The fourth-order valence-corrected chi connectivity index (χ4v) is 2.69. The maximum atomic E-state index is 11.4. The van der Waals surface area contributed by atoms with Crippen LogP contribution in [0.4, 0.5) is 0 Å². The second-order valence-electron chi connectivity index (χ2n) is 6.25. The van der Waals surface area contributed by atoms with Gasteiger partial charge in [0.25, 0.3) is 0 Å². The van der Waals surface area contributed by atoms with Crippen molar-refractivity contribution in [3.05, 3.63) is 71.4 Å². The molecule has 4 nitrogen and oxygen atoms in total. The number of nitrogens with zero attached hydrogens (tertiary/aromatic N) is 2. The Labute approximate surface area is 141 Å². The number of carbonyl (C=O) groups is 1. The topological polar surface area (TPSA) is 55.1 Å². The minimum atomic E-state index is -1.03. The van der Waals surface area contributed by atoms with Crippen LogP contribution < -0.4 is 0 Å². The summed E-state index contributed by atoms with van der Waals surface area (Å²) in [5.74, 6) is -0.572. The molecule has 0 unspecified atom stereocenters. The molecule has 1 heterocycles. The Morgan fingerprint density at radius 3 is 2.38 bits per heavy atom. The van der Waals surface area contributed by atoms with Crippen LogP contribution in [-0.2, 0) is 0 Å². The average molecular weight is 320 g/mol. The van der Waals surface area contributed by atoms with Crippen molar-refractivity contribution < 1.29 is 9.90 Å². The second kappa shape index (κ2) is 6.32. The summed E-state index contributed by atoms with van der Waals surface area (Å²) in [7, 11) is 0. The second-order valence-corrected chi connectivity index (χ2v) is 6.25. The molecule has 0 aliphatic carbocycles. The minimum Gasteiger partial charge on any atom is -0.476 e. The first kappa shape index (κ1) is 16.0. The molecule has 0 spiro atoms. The molecule has 3 aromatic rings. The quantitative estimate of drug-likeness (QED) is 0.760. The number of aromatic nitrogens is 2. The Hall–Kier alpha value is -2.88. The third-order valence-electron chi connectivity index (χ3n) is 4.05. The molecule has 0 saturated heterocycles. The van der Waals surface area contributed by atoms with Crippen LogP contribution in [0.25, 0.3) is 16.9 Å². The van der Waals surface area contributed by atoms with Crippen molar-refractivity contribution in [2.24, 2.45) is 0 Å². The van der Waals surface area contributed by atoms with E-state index in [9.17, 15) is 9.90 Å². The molecule has 24 heavy (non-hydrogen) atoms. The number of carboxylic acids is 1. The predicted molar refractivity (Wildman–Crippen MR) is 94.8 cm³/mol. The Kier molecular flexibility index (Phi) is 4.21. The zero-order chi connectivity index (χ0) is 17.3.